The minimum absolute atomic E-state index is 0.159. The molecule has 0 amide bonds. The van der Waals surface area contributed by atoms with Crippen molar-refractivity contribution in [2.24, 2.45) is 0 Å². The molecule has 0 saturated heterocycles. The van der Waals surface area contributed by atoms with Crippen molar-refractivity contribution in [2.45, 2.75) is 12.5 Å². The maximum atomic E-state index is 10.4. The molecule has 1 aromatic heterocycles. The SMILES string of the molecule is O=[N+]([O-])c1cnc(CC(O)c2ccccc2)nc1. The number of benzene rings is 1. The van der Waals surface area contributed by atoms with Gasteiger partial charge in [0.25, 0.3) is 0 Å². The topological polar surface area (TPSA) is 89.2 Å². The first kappa shape index (κ1) is 12.1. The lowest BCUT2D eigenvalue weighted by molar-refractivity contribution is -0.385. The largest absolute Gasteiger partial charge is 0.388 e. The summed E-state index contributed by atoms with van der Waals surface area (Å²) in [7, 11) is 0. The van der Waals surface area contributed by atoms with E-state index in [0.29, 0.717) is 5.82 Å². The lowest BCUT2D eigenvalue weighted by Gasteiger charge is -2.09. The average molecular weight is 245 g/mol. The summed E-state index contributed by atoms with van der Waals surface area (Å²) in [6, 6.07) is 9.12. The first-order valence-electron chi connectivity index (χ1n) is 5.35. The number of nitrogens with zero attached hydrogens (tertiary/aromatic N) is 3. The summed E-state index contributed by atoms with van der Waals surface area (Å²) in [6.45, 7) is 0. The molecule has 0 radical (unpaired) electrons. The Hall–Kier alpha value is -2.34. The molecule has 0 fully saturated rings. The van der Waals surface area contributed by atoms with Crippen molar-refractivity contribution < 1.29 is 10.0 Å². The zero-order valence-electron chi connectivity index (χ0n) is 9.43. The third-order valence-corrected chi connectivity index (χ3v) is 2.46. The Kier molecular flexibility index (Phi) is 3.59. The van der Waals surface area contributed by atoms with Gasteiger partial charge in [0.15, 0.2) is 0 Å². The fourth-order valence-corrected chi connectivity index (χ4v) is 1.51. The summed E-state index contributed by atoms with van der Waals surface area (Å²) < 4.78 is 0. The zero-order chi connectivity index (χ0) is 13.0. The molecule has 0 aliphatic rings. The van der Waals surface area contributed by atoms with Gasteiger partial charge < -0.3 is 5.11 Å². The average Bonchev–Trinajstić information content (AvgIpc) is 2.40. The molecule has 0 spiro atoms. The quantitative estimate of drug-likeness (QED) is 0.653. The molecule has 0 bridgehead atoms. The van der Waals surface area contributed by atoms with E-state index < -0.39 is 11.0 Å². The Morgan fingerprint density at radius 3 is 2.39 bits per heavy atom. The number of aromatic nitrogens is 2. The number of aliphatic hydroxyl groups excluding tert-OH is 1. The fourth-order valence-electron chi connectivity index (χ4n) is 1.51. The first-order chi connectivity index (χ1) is 8.66. The Morgan fingerprint density at radius 2 is 1.83 bits per heavy atom. The Morgan fingerprint density at radius 1 is 1.22 bits per heavy atom. The van der Waals surface area contributed by atoms with E-state index in [4.69, 9.17) is 0 Å². The molecule has 1 heterocycles. The van der Waals surface area contributed by atoms with Crippen LogP contribution in [0.25, 0.3) is 0 Å². The van der Waals surface area contributed by atoms with E-state index in [-0.39, 0.29) is 12.1 Å². The molecule has 0 saturated carbocycles. The van der Waals surface area contributed by atoms with Crippen molar-refractivity contribution in [1.82, 2.24) is 9.97 Å². The molecular weight excluding hydrogens is 234 g/mol. The van der Waals surface area contributed by atoms with Crippen molar-refractivity contribution in [2.75, 3.05) is 0 Å². The second kappa shape index (κ2) is 5.33. The number of hydrogen-bond donors (Lipinski definition) is 1. The number of hydrogen-bond acceptors (Lipinski definition) is 5. The summed E-state index contributed by atoms with van der Waals surface area (Å²) >= 11 is 0. The third kappa shape index (κ3) is 2.86. The van der Waals surface area contributed by atoms with Crippen LogP contribution in [0.4, 0.5) is 5.69 Å². The van der Waals surface area contributed by atoms with Gasteiger partial charge in [0.2, 0.25) is 0 Å². The van der Waals surface area contributed by atoms with E-state index in [2.05, 4.69) is 9.97 Å². The molecule has 0 aliphatic carbocycles. The smallest absolute Gasteiger partial charge is 0.305 e. The fraction of sp³-hybridized carbons (Fsp3) is 0.167. The van der Waals surface area contributed by atoms with E-state index in [9.17, 15) is 15.2 Å². The van der Waals surface area contributed by atoms with E-state index in [1.165, 1.54) is 0 Å². The van der Waals surface area contributed by atoms with Crippen molar-refractivity contribution in [1.29, 1.82) is 0 Å². The number of rotatable bonds is 4. The Labute approximate surface area is 103 Å². The monoisotopic (exact) mass is 245 g/mol. The molecule has 2 aromatic rings. The van der Waals surface area contributed by atoms with Gasteiger partial charge in [-0.1, -0.05) is 30.3 Å². The highest BCUT2D eigenvalue weighted by Gasteiger charge is 2.12. The highest BCUT2D eigenvalue weighted by Crippen LogP contribution is 2.16. The van der Waals surface area contributed by atoms with Gasteiger partial charge in [-0.3, -0.25) is 10.1 Å². The predicted octanol–water partition coefficient (Wildman–Crippen LogP) is 1.66. The zero-order valence-corrected chi connectivity index (χ0v) is 9.43. The van der Waals surface area contributed by atoms with Crippen LogP contribution in [0.2, 0.25) is 0 Å². The lowest BCUT2D eigenvalue weighted by atomic mass is 10.1. The van der Waals surface area contributed by atoms with Crippen LogP contribution < -0.4 is 0 Å². The first-order valence-corrected chi connectivity index (χ1v) is 5.35. The van der Waals surface area contributed by atoms with E-state index in [1.807, 2.05) is 18.2 Å². The van der Waals surface area contributed by atoms with Gasteiger partial charge in [-0.2, -0.15) is 0 Å². The third-order valence-electron chi connectivity index (χ3n) is 2.46. The highest BCUT2D eigenvalue weighted by molar-refractivity contribution is 5.22. The molecule has 2 rings (SSSR count). The Balaban J connectivity index is 2.08. The maximum Gasteiger partial charge on any atom is 0.305 e. The second-order valence-electron chi connectivity index (χ2n) is 3.75. The molecule has 18 heavy (non-hydrogen) atoms. The van der Waals surface area contributed by atoms with Gasteiger partial charge in [0, 0.05) is 6.42 Å². The summed E-state index contributed by atoms with van der Waals surface area (Å²) in [5.41, 5.74) is 0.604. The number of aliphatic hydroxyl groups is 1. The molecular formula is C12H11N3O3. The van der Waals surface area contributed by atoms with Crippen LogP contribution >= 0.6 is 0 Å². The van der Waals surface area contributed by atoms with Crippen LogP contribution in [-0.2, 0) is 6.42 Å². The van der Waals surface area contributed by atoms with Crippen LogP contribution in [-0.4, -0.2) is 20.0 Å². The van der Waals surface area contributed by atoms with Crippen LogP contribution in [0.15, 0.2) is 42.7 Å². The lowest BCUT2D eigenvalue weighted by Crippen LogP contribution is -2.05. The van der Waals surface area contributed by atoms with Crippen molar-refractivity contribution >= 4 is 5.69 Å². The minimum atomic E-state index is -0.715. The molecule has 1 unspecified atom stereocenters. The van der Waals surface area contributed by atoms with Gasteiger partial charge in [-0.25, -0.2) is 9.97 Å². The van der Waals surface area contributed by atoms with Crippen LogP contribution in [0.1, 0.15) is 17.5 Å². The molecule has 0 aliphatic heterocycles. The molecule has 1 aromatic carbocycles. The minimum Gasteiger partial charge on any atom is -0.388 e. The van der Waals surface area contributed by atoms with Crippen molar-refractivity contribution in [3.8, 4) is 0 Å². The molecule has 1 atom stereocenters. The van der Waals surface area contributed by atoms with E-state index in [1.54, 1.807) is 12.1 Å². The standard InChI is InChI=1S/C12H11N3O3/c16-11(9-4-2-1-3-5-9)6-12-13-7-10(8-14-12)15(17)18/h1-5,7-8,11,16H,6H2. The van der Waals surface area contributed by atoms with Gasteiger partial charge in [0.05, 0.1) is 11.0 Å². The highest BCUT2D eigenvalue weighted by atomic mass is 16.6. The molecule has 1 N–H and O–H groups in total. The summed E-state index contributed by atoms with van der Waals surface area (Å²) in [5.74, 6) is 0.372. The van der Waals surface area contributed by atoms with E-state index >= 15 is 0 Å². The Bertz CT molecular complexity index is 528. The molecule has 92 valence electrons. The molecule has 6 nitrogen and oxygen atoms in total. The summed E-state index contributed by atoms with van der Waals surface area (Å²) in [4.78, 5) is 17.6. The van der Waals surface area contributed by atoms with Gasteiger partial charge in [-0.05, 0) is 5.56 Å². The summed E-state index contributed by atoms with van der Waals surface area (Å²) in [6.07, 6.45) is 1.79. The molecule has 6 heteroatoms. The summed E-state index contributed by atoms with van der Waals surface area (Å²) in [5, 5.41) is 20.4. The van der Waals surface area contributed by atoms with Crippen LogP contribution in [0.5, 0.6) is 0 Å². The van der Waals surface area contributed by atoms with Crippen molar-refractivity contribution in [3.05, 3.63) is 64.2 Å². The van der Waals surface area contributed by atoms with Gasteiger partial charge >= 0.3 is 5.69 Å². The second-order valence-corrected chi connectivity index (χ2v) is 3.75. The van der Waals surface area contributed by atoms with E-state index in [0.717, 1.165) is 18.0 Å². The normalized spacial score (nSPS) is 12.1. The van der Waals surface area contributed by atoms with Crippen molar-refractivity contribution in [3.63, 3.8) is 0 Å². The maximum absolute atomic E-state index is 10.4. The van der Waals surface area contributed by atoms with Crippen LogP contribution in [0, 0.1) is 10.1 Å². The van der Waals surface area contributed by atoms with Crippen LogP contribution in [0.3, 0.4) is 0 Å². The van der Waals surface area contributed by atoms with Gasteiger partial charge in [-0.15, -0.1) is 0 Å². The number of nitro groups is 1. The predicted molar refractivity (Wildman–Crippen MR) is 63.8 cm³/mol. The van der Waals surface area contributed by atoms with Gasteiger partial charge in [0.1, 0.15) is 18.2 Å².